The van der Waals surface area contributed by atoms with Gasteiger partial charge in [0.05, 0.1) is 29.4 Å². The van der Waals surface area contributed by atoms with E-state index in [1.807, 2.05) is 0 Å². The van der Waals surface area contributed by atoms with Crippen molar-refractivity contribution >= 4 is 35.0 Å². The highest BCUT2D eigenvalue weighted by atomic mass is 35.5. The first kappa shape index (κ1) is 20.0. The lowest BCUT2D eigenvalue weighted by molar-refractivity contribution is -0.122. The van der Waals surface area contributed by atoms with Crippen molar-refractivity contribution in [1.82, 2.24) is 10.6 Å². The lowest BCUT2D eigenvalue weighted by Crippen LogP contribution is -2.35. The minimum Gasteiger partial charge on any atom is -0.378 e. The normalized spacial score (nSPS) is 16.6. The van der Waals surface area contributed by atoms with Gasteiger partial charge < -0.3 is 20.1 Å². The van der Waals surface area contributed by atoms with Crippen LogP contribution in [0.4, 0.5) is 0 Å². The monoisotopic (exact) mass is 388 g/mol. The maximum atomic E-state index is 11.9. The van der Waals surface area contributed by atoms with E-state index < -0.39 is 0 Å². The van der Waals surface area contributed by atoms with E-state index in [4.69, 9.17) is 32.7 Å². The van der Waals surface area contributed by atoms with Crippen LogP contribution in [0, 0.1) is 0 Å². The predicted octanol–water partition coefficient (Wildman–Crippen LogP) is 2.43. The van der Waals surface area contributed by atoms with Gasteiger partial charge in [-0.2, -0.15) is 0 Å². The van der Waals surface area contributed by atoms with Gasteiger partial charge in [0.2, 0.25) is 5.91 Å². The van der Waals surface area contributed by atoms with Crippen LogP contribution in [0.3, 0.4) is 0 Å². The second kappa shape index (κ2) is 10.6. The third-order valence-electron chi connectivity index (χ3n) is 3.72. The van der Waals surface area contributed by atoms with Crippen molar-refractivity contribution in [2.45, 2.75) is 25.4 Å². The number of hydrogen-bond donors (Lipinski definition) is 2. The maximum Gasteiger partial charge on any atom is 0.251 e. The topological polar surface area (TPSA) is 76.7 Å². The highest BCUT2D eigenvalue weighted by Gasteiger charge is 2.15. The molecule has 1 aromatic carbocycles. The van der Waals surface area contributed by atoms with E-state index in [0.29, 0.717) is 41.9 Å². The summed E-state index contributed by atoms with van der Waals surface area (Å²) in [4.78, 5) is 23.6. The van der Waals surface area contributed by atoms with Gasteiger partial charge in [0.15, 0.2) is 0 Å². The van der Waals surface area contributed by atoms with Crippen LogP contribution in [-0.2, 0) is 14.3 Å². The van der Waals surface area contributed by atoms with Crippen LogP contribution >= 0.6 is 23.2 Å². The summed E-state index contributed by atoms with van der Waals surface area (Å²) in [5.41, 5.74) is 0.420. The van der Waals surface area contributed by atoms with Crippen molar-refractivity contribution in [2.75, 3.05) is 32.9 Å². The zero-order valence-corrected chi connectivity index (χ0v) is 15.4. The molecule has 1 fully saturated rings. The molecular weight excluding hydrogens is 367 g/mol. The molecule has 1 aliphatic heterocycles. The fourth-order valence-electron chi connectivity index (χ4n) is 2.36. The Morgan fingerprint density at radius 1 is 1.20 bits per heavy atom. The molecule has 138 valence electrons. The van der Waals surface area contributed by atoms with Crippen LogP contribution < -0.4 is 10.6 Å². The largest absolute Gasteiger partial charge is 0.378 e. The molecule has 0 saturated carbocycles. The van der Waals surface area contributed by atoms with Crippen LogP contribution in [0.15, 0.2) is 18.2 Å². The highest BCUT2D eigenvalue weighted by Crippen LogP contribution is 2.22. The Balaban J connectivity index is 1.53. The number of amides is 2. The number of hydrogen-bond acceptors (Lipinski definition) is 4. The van der Waals surface area contributed by atoms with Gasteiger partial charge in [-0.15, -0.1) is 0 Å². The summed E-state index contributed by atoms with van der Waals surface area (Å²) in [5.74, 6) is -0.385. The van der Waals surface area contributed by atoms with Crippen LogP contribution in [0.5, 0.6) is 0 Å². The Morgan fingerprint density at radius 3 is 2.72 bits per heavy atom. The molecule has 0 bridgehead atoms. The molecule has 8 heteroatoms. The Hall–Kier alpha value is -1.34. The SMILES string of the molecule is O=C(CCOCC1CCCO1)NCCNC(=O)c1ccc(Cl)c(Cl)c1. The average molecular weight is 389 g/mol. The fourth-order valence-corrected chi connectivity index (χ4v) is 2.66. The Morgan fingerprint density at radius 2 is 2.00 bits per heavy atom. The molecule has 1 atom stereocenters. The second-order valence-corrected chi connectivity index (χ2v) is 6.51. The molecule has 1 saturated heterocycles. The molecule has 1 unspecified atom stereocenters. The van der Waals surface area contributed by atoms with Gasteiger partial charge in [-0.25, -0.2) is 0 Å². The Kier molecular flexibility index (Phi) is 8.48. The summed E-state index contributed by atoms with van der Waals surface area (Å²) in [6.07, 6.45) is 2.54. The van der Waals surface area contributed by atoms with Crippen molar-refractivity contribution in [3.63, 3.8) is 0 Å². The highest BCUT2D eigenvalue weighted by molar-refractivity contribution is 6.42. The van der Waals surface area contributed by atoms with Crippen molar-refractivity contribution < 1.29 is 19.1 Å². The van der Waals surface area contributed by atoms with E-state index in [-0.39, 0.29) is 24.3 Å². The van der Waals surface area contributed by atoms with Gasteiger partial charge >= 0.3 is 0 Å². The quantitative estimate of drug-likeness (QED) is 0.636. The van der Waals surface area contributed by atoms with E-state index >= 15 is 0 Å². The van der Waals surface area contributed by atoms with E-state index in [2.05, 4.69) is 10.6 Å². The minimum atomic E-state index is -0.271. The van der Waals surface area contributed by atoms with Gasteiger partial charge in [0.1, 0.15) is 0 Å². The molecule has 1 aromatic rings. The number of carbonyl (C=O) groups excluding carboxylic acids is 2. The van der Waals surface area contributed by atoms with E-state index in [9.17, 15) is 9.59 Å². The standard InChI is InChI=1S/C17H22Cl2N2O4/c18-14-4-3-12(10-15(14)19)17(23)21-7-6-20-16(22)5-9-24-11-13-2-1-8-25-13/h3-4,10,13H,1-2,5-9,11H2,(H,20,22)(H,21,23). The van der Waals surface area contributed by atoms with Crippen LogP contribution in [-0.4, -0.2) is 50.8 Å². The Labute approximate surface area is 157 Å². The lowest BCUT2D eigenvalue weighted by atomic mass is 10.2. The van der Waals surface area contributed by atoms with Crippen molar-refractivity contribution in [3.05, 3.63) is 33.8 Å². The summed E-state index contributed by atoms with van der Waals surface area (Å²) < 4.78 is 10.9. The molecule has 2 N–H and O–H groups in total. The summed E-state index contributed by atoms with van der Waals surface area (Å²) in [5, 5.41) is 6.15. The fraction of sp³-hybridized carbons (Fsp3) is 0.529. The average Bonchev–Trinajstić information content (AvgIpc) is 3.11. The van der Waals surface area contributed by atoms with E-state index in [1.54, 1.807) is 12.1 Å². The molecule has 0 aromatic heterocycles. The summed E-state index contributed by atoms with van der Waals surface area (Å²) in [6.45, 7) is 2.36. The van der Waals surface area contributed by atoms with Gasteiger partial charge in [-0.1, -0.05) is 23.2 Å². The number of halogens is 2. The molecule has 0 radical (unpaired) electrons. The van der Waals surface area contributed by atoms with Crippen molar-refractivity contribution in [3.8, 4) is 0 Å². The summed E-state index contributed by atoms with van der Waals surface area (Å²) in [7, 11) is 0. The first-order chi connectivity index (χ1) is 12.1. The minimum absolute atomic E-state index is 0.115. The summed E-state index contributed by atoms with van der Waals surface area (Å²) in [6, 6.07) is 4.66. The molecule has 2 rings (SSSR count). The van der Waals surface area contributed by atoms with Gasteiger partial charge in [-0.3, -0.25) is 9.59 Å². The molecule has 25 heavy (non-hydrogen) atoms. The molecule has 6 nitrogen and oxygen atoms in total. The lowest BCUT2D eigenvalue weighted by Gasteiger charge is -2.10. The first-order valence-corrected chi connectivity index (χ1v) is 9.01. The van der Waals surface area contributed by atoms with Gasteiger partial charge in [0, 0.05) is 31.7 Å². The van der Waals surface area contributed by atoms with Gasteiger partial charge in [-0.05, 0) is 31.0 Å². The van der Waals surface area contributed by atoms with Crippen LogP contribution in [0.25, 0.3) is 0 Å². The zero-order chi connectivity index (χ0) is 18.1. The van der Waals surface area contributed by atoms with Gasteiger partial charge in [0.25, 0.3) is 5.91 Å². The second-order valence-electron chi connectivity index (χ2n) is 5.69. The van der Waals surface area contributed by atoms with Crippen molar-refractivity contribution in [2.24, 2.45) is 0 Å². The smallest absolute Gasteiger partial charge is 0.251 e. The molecule has 0 spiro atoms. The number of ether oxygens (including phenoxy) is 2. The summed E-state index contributed by atoms with van der Waals surface area (Å²) >= 11 is 11.7. The van der Waals surface area contributed by atoms with E-state index in [1.165, 1.54) is 6.07 Å². The molecule has 0 aliphatic carbocycles. The molecule has 2 amide bonds. The Bertz CT molecular complexity index is 592. The number of benzene rings is 1. The van der Waals surface area contributed by atoms with Crippen LogP contribution in [0.1, 0.15) is 29.6 Å². The number of carbonyl (C=O) groups is 2. The molecular formula is C17H22Cl2N2O4. The third-order valence-corrected chi connectivity index (χ3v) is 4.45. The third kappa shape index (κ3) is 7.20. The maximum absolute atomic E-state index is 11.9. The molecule has 1 aliphatic rings. The number of rotatable bonds is 9. The molecule has 1 heterocycles. The zero-order valence-electron chi connectivity index (χ0n) is 13.9. The van der Waals surface area contributed by atoms with Crippen LogP contribution in [0.2, 0.25) is 10.0 Å². The predicted molar refractivity (Wildman–Crippen MR) is 96.2 cm³/mol. The number of nitrogens with one attached hydrogen (secondary N) is 2. The van der Waals surface area contributed by atoms with E-state index in [0.717, 1.165) is 19.4 Å². The van der Waals surface area contributed by atoms with Crippen molar-refractivity contribution in [1.29, 1.82) is 0 Å². The first-order valence-electron chi connectivity index (χ1n) is 8.25.